The van der Waals surface area contributed by atoms with E-state index in [9.17, 15) is 21.2 Å². The van der Waals surface area contributed by atoms with Gasteiger partial charge in [-0.1, -0.05) is 13.8 Å². The Labute approximate surface area is 327 Å². The average molecular weight is 815 g/mol. The van der Waals surface area contributed by atoms with Crippen molar-refractivity contribution in [1.29, 1.82) is 0 Å². The number of nitrogens with one attached hydrogen (secondary N) is 3. The van der Waals surface area contributed by atoms with Gasteiger partial charge in [0.15, 0.2) is 42.3 Å². The number of hydrogen-bond acceptors (Lipinski definition) is 14. The molecule has 17 heteroatoms. The lowest BCUT2D eigenvalue weighted by Gasteiger charge is -2.32. The third-order valence-corrected chi connectivity index (χ3v) is 13.3. The van der Waals surface area contributed by atoms with Gasteiger partial charge in [-0.2, -0.15) is 14.4 Å². The van der Waals surface area contributed by atoms with Crippen LogP contribution in [0.25, 0.3) is 22.2 Å². The second-order valence-electron chi connectivity index (χ2n) is 13.7. The average Bonchev–Trinajstić information content (AvgIpc) is 3.80. The van der Waals surface area contributed by atoms with E-state index in [1.807, 2.05) is 13.8 Å². The van der Waals surface area contributed by atoms with Gasteiger partial charge < -0.3 is 34.3 Å². The maximum Gasteiger partial charge on any atom is 0.295 e. The van der Waals surface area contributed by atoms with E-state index in [1.165, 1.54) is 0 Å². The Balaban J connectivity index is 0.000000215. The SMILES string of the molecule is CCOc1cc(CN2CCC(Nc3nc4cc(S(=O)(=O)CC)ccc4o3)CC2)cc(OCC)c1F.CCS(=O)(=O)c1ccc2oc(NC3CCNCC3)nc2c1. The lowest BCUT2D eigenvalue weighted by atomic mass is 10.0. The molecule has 0 spiro atoms. The first kappa shape index (κ1) is 41.2. The molecule has 0 amide bonds. The standard InChI is InChI=1S/C25H32FN3O5S.C14H19N3O3S/c1-4-32-22-13-17(14-23(24(22)26)33-5-2)16-29-11-9-18(10-12-29)27-25-28-20-15-19(35(30,31)6-3)7-8-21(20)34-25;1-2-21(18,19)11-3-4-13-12(9-11)17-14(20-13)16-10-5-7-15-8-6-10/h7-8,13-15,18H,4-6,9-12,16H2,1-3H3,(H,27,28);3-4,9-10,15H,2,5-8H2,1H3,(H,16,17). The highest BCUT2D eigenvalue weighted by atomic mass is 32.2. The van der Waals surface area contributed by atoms with Gasteiger partial charge in [-0.25, -0.2) is 16.8 Å². The Kier molecular flexibility index (Phi) is 13.4. The number of anilines is 2. The van der Waals surface area contributed by atoms with Crippen LogP contribution in [0.15, 0.2) is 67.2 Å². The molecule has 0 aliphatic carbocycles. The van der Waals surface area contributed by atoms with E-state index in [0.29, 0.717) is 64.9 Å². The number of piperidine rings is 2. The number of aromatic nitrogens is 2. The van der Waals surface area contributed by atoms with E-state index in [0.717, 1.165) is 57.4 Å². The molecule has 4 heterocycles. The topological polar surface area (TPSA) is 178 Å². The van der Waals surface area contributed by atoms with Gasteiger partial charge in [-0.15, -0.1) is 0 Å². The van der Waals surface area contributed by atoms with Gasteiger partial charge in [0.1, 0.15) is 11.0 Å². The normalized spacial score (nSPS) is 16.1. The number of halogens is 1. The lowest BCUT2D eigenvalue weighted by molar-refractivity contribution is 0.209. The van der Waals surface area contributed by atoms with Crippen LogP contribution >= 0.6 is 0 Å². The van der Waals surface area contributed by atoms with Crippen LogP contribution in [0.4, 0.5) is 16.4 Å². The largest absolute Gasteiger partial charge is 0.491 e. The van der Waals surface area contributed by atoms with Crippen molar-refractivity contribution < 1.29 is 39.5 Å². The number of benzene rings is 3. The lowest BCUT2D eigenvalue weighted by Crippen LogP contribution is -2.38. The molecule has 5 aromatic rings. The minimum absolute atomic E-state index is 0.0395. The van der Waals surface area contributed by atoms with Crippen LogP contribution in [0.2, 0.25) is 0 Å². The number of fused-ring (bicyclic) bond motifs is 2. The van der Waals surface area contributed by atoms with Gasteiger partial charge in [0, 0.05) is 31.7 Å². The minimum atomic E-state index is -3.30. The first-order chi connectivity index (χ1) is 26.9. The molecule has 2 saturated heterocycles. The van der Waals surface area contributed by atoms with Crippen LogP contribution in [0.5, 0.6) is 11.5 Å². The molecule has 0 atom stereocenters. The van der Waals surface area contributed by atoms with Crippen molar-refractivity contribution in [3.05, 3.63) is 59.9 Å². The van der Waals surface area contributed by atoms with Crippen LogP contribution in [0.3, 0.4) is 0 Å². The molecule has 56 heavy (non-hydrogen) atoms. The Bertz CT molecular complexity index is 2290. The summed E-state index contributed by atoms with van der Waals surface area (Å²) in [5, 5.41) is 9.92. The highest BCUT2D eigenvalue weighted by Gasteiger charge is 2.23. The van der Waals surface area contributed by atoms with Crippen LogP contribution < -0.4 is 25.4 Å². The number of ether oxygens (including phenoxy) is 2. The number of rotatable bonds is 14. The number of hydrogen-bond donors (Lipinski definition) is 3. The summed E-state index contributed by atoms with van der Waals surface area (Å²) in [4.78, 5) is 11.7. The van der Waals surface area contributed by atoms with Gasteiger partial charge in [0.05, 0.1) is 34.5 Å². The predicted molar refractivity (Wildman–Crippen MR) is 214 cm³/mol. The quantitative estimate of drug-likeness (QED) is 0.112. The summed E-state index contributed by atoms with van der Waals surface area (Å²) in [5.74, 6) is 0.0961. The van der Waals surface area contributed by atoms with Gasteiger partial charge in [0.2, 0.25) is 5.82 Å². The molecule has 3 aromatic carbocycles. The molecule has 304 valence electrons. The fourth-order valence-corrected chi connectivity index (χ4v) is 8.51. The third kappa shape index (κ3) is 10.1. The summed E-state index contributed by atoms with van der Waals surface area (Å²) in [5.41, 5.74) is 3.18. The van der Waals surface area contributed by atoms with Gasteiger partial charge in [-0.3, -0.25) is 4.90 Å². The van der Waals surface area contributed by atoms with Crippen molar-refractivity contribution >= 4 is 53.9 Å². The number of sulfone groups is 2. The maximum atomic E-state index is 14.5. The molecule has 0 unspecified atom stereocenters. The van der Waals surface area contributed by atoms with E-state index in [4.69, 9.17) is 18.3 Å². The highest BCUT2D eigenvalue weighted by Crippen LogP contribution is 2.31. The fraction of sp³-hybridized carbons (Fsp3) is 0.487. The monoisotopic (exact) mass is 814 g/mol. The first-order valence-corrected chi connectivity index (χ1v) is 22.5. The molecule has 7 rings (SSSR count). The Morgan fingerprint density at radius 3 is 1.64 bits per heavy atom. The molecule has 3 N–H and O–H groups in total. The molecule has 2 aliphatic rings. The maximum absolute atomic E-state index is 14.5. The number of oxazole rings is 2. The first-order valence-electron chi connectivity index (χ1n) is 19.2. The summed E-state index contributed by atoms with van der Waals surface area (Å²) in [6.07, 6.45) is 3.81. The van der Waals surface area contributed by atoms with E-state index in [2.05, 4.69) is 30.8 Å². The van der Waals surface area contributed by atoms with E-state index < -0.39 is 25.5 Å². The van der Waals surface area contributed by atoms with Crippen molar-refractivity contribution in [3.8, 4) is 11.5 Å². The van der Waals surface area contributed by atoms with Gasteiger partial charge in [0.25, 0.3) is 12.0 Å². The third-order valence-electron chi connectivity index (χ3n) is 9.85. The molecule has 0 bridgehead atoms. The van der Waals surface area contributed by atoms with E-state index in [-0.39, 0.29) is 33.9 Å². The number of nitrogens with zero attached hydrogens (tertiary/aromatic N) is 3. The second-order valence-corrected chi connectivity index (χ2v) is 18.3. The molecule has 2 fully saturated rings. The summed E-state index contributed by atoms with van der Waals surface area (Å²) in [7, 11) is -6.52. The highest BCUT2D eigenvalue weighted by molar-refractivity contribution is 7.91. The van der Waals surface area contributed by atoms with Crippen molar-refractivity contribution in [2.24, 2.45) is 0 Å². The Morgan fingerprint density at radius 2 is 1.20 bits per heavy atom. The van der Waals surface area contributed by atoms with E-state index in [1.54, 1.807) is 62.4 Å². The molecular formula is C39H51FN6O8S2. The minimum Gasteiger partial charge on any atom is -0.491 e. The smallest absolute Gasteiger partial charge is 0.295 e. The zero-order valence-electron chi connectivity index (χ0n) is 32.3. The van der Waals surface area contributed by atoms with E-state index >= 15 is 0 Å². The Hall–Kier alpha value is -4.45. The molecular weight excluding hydrogens is 764 g/mol. The fourth-order valence-electron chi connectivity index (χ4n) is 6.71. The van der Waals surface area contributed by atoms with Crippen LogP contribution in [-0.2, 0) is 26.2 Å². The molecule has 0 saturated carbocycles. The predicted octanol–water partition coefficient (Wildman–Crippen LogP) is 6.42. The molecule has 0 radical (unpaired) electrons. The van der Waals surface area contributed by atoms with Crippen molar-refractivity contribution in [1.82, 2.24) is 20.2 Å². The van der Waals surface area contributed by atoms with Crippen molar-refractivity contribution in [2.45, 2.75) is 81.8 Å². The van der Waals surface area contributed by atoms with Gasteiger partial charge >= 0.3 is 0 Å². The van der Waals surface area contributed by atoms with Crippen molar-refractivity contribution in [3.63, 3.8) is 0 Å². The van der Waals surface area contributed by atoms with Crippen LogP contribution in [-0.4, -0.2) is 94.7 Å². The summed E-state index contributed by atoms with van der Waals surface area (Å²) < 4.78 is 84.9. The number of likely N-dealkylation sites (tertiary alicyclic amines) is 1. The molecule has 2 aliphatic heterocycles. The van der Waals surface area contributed by atoms with Crippen LogP contribution in [0.1, 0.15) is 58.9 Å². The zero-order chi connectivity index (χ0) is 39.9. The van der Waals surface area contributed by atoms with Crippen molar-refractivity contribution in [2.75, 3.05) is 61.5 Å². The van der Waals surface area contributed by atoms with Crippen LogP contribution in [0, 0.1) is 5.82 Å². The molecule has 14 nitrogen and oxygen atoms in total. The van der Waals surface area contributed by atoms with Gasteiger partial charge in [-0.05, 0) is 107 Å². The summed E-state index contributed by atoms with van der Waals surface area (Å²) in [6, 6.07) is 14.4. The second kappa shape index (κ2) is 18.2. The summed E-state index contributed by atoms with van der Waals surface area (Å²) in [6.45, 7) is 12.0. The summed E-state index contributed by atoms with van der Waals surface area (Å²) >= 11 is 0. The zero-order valence-corrected chi connectivity index (χ0v) is 33.9. The molecule has 2 aromatic heterocycles. The Morgan fingerprint density at radius 1 is 0.732 bits per heavy atom.